The molecule has 1 aromatic rings. The number of likely N-dealkylation sites (tertiary alicyclic amines) is 1. The van der Waals surface area contributed by atoms with Crippen LogP contribution in [0.2, 0.25) is 0 Å². The van der Waals surface area contributed by atoms with Crippen LogP contribution in [-0.4, -0.2) is 40.5 Å². The number of aromatic nitrogens is 2. The van der Waals surface area contributed by atoms with Crippen LogP contribution in [0.1, 0.15) is 31.5 Å². The van der Waals surface area contributed by atoms with Gasteiger partial charge in [-0.15, -0.1) is 0 Å². The second-order valence-corrected chi connectivity index (χ2v) is 4.46. The lowest BCUT2D eigenvalue weighted by molar-refractivity contribution is -0.116. The lowest BCUT2D eigenvalue weighted by Crippen LogP contribution is -2.27. The van der Waals surface area contributed by atoms with Gasteiger partial charge in [-0.05, 0) is 33.4 Å². The van der Waals surface area contributed by atoms with E-state index in [1.54, 1.807) is 0 Å². The zero-order valence-corrected chi connectivity index (χ0v) is 9.77. The van der Waals surface area contributed by atoms with Gasteiger partial charge in [0.1, 0.15) is 5.78 Å². The average molecular weight is 223 g/mol. The standard InChI is InChI=1S/C11H17N3O2/c1-8(15)6-11-12-10(13-16-11)7-9-4-3-5-14(9)2/h9H,3-7H2,1-2H3. The lowest BCUT2D eigenvalue weighted by atomic mass is 10.1. The average Bonchev–Trinajstić information content (AvgIpc) is 2.77. The van der Waals surface area contributed by atoms with E-state index < -0.39 is 0 Å². The molecule has 16 heavy (non-hydrogen) atoms. The number of carbonyl (C=O) groups is 1. The van der Waals surface area contributed by atoms with Gasteiger partial charge in [0.2, 0.25) is 5.89 Å². The van der Waals surface area contributed by atoms with Crippen molar-refractivity contribution >= 4 is 5.78 Å². The van der Waals surface area contributed by atoms with Crippen LogP contribution in [0.4, 0.5) is 0 Å². The number of carbonyl (C=O) groups excluding carboxylic acids is 1. The summed E-state index contributed by atoms with van der Waals surface area (Å²) in [5, 5.41) is 3.90. The fourth-order valence-corrected chi connectivity index (χ4v) is 2.11. The Morgan fingerprint density at radius 1 is 1.62 bits per heavy atom. The van der Waals surface area contributed by atoms with Crippen molar-refractivity contribution < 1.29 is 9.32 Å². The summed E-state index contributed by atoms with van der Waals surface area (Å²) in [6.45, 7) is 2.66. The summed E-state index contributed by atoms with van der Waals surface area (Å²) in [6.07, 6.45) is 3.48. The van der Waals surface area contributed by atoms with E-state index in [9.17, 15) is 4.79 Å². The molecule has 0 aromatic carbocycles. The van der Waals surface area contributed by atoms with Gasteiger partial charge in [-0.3, -0.25) is 4.79 Å². The molecule has 2 heterocycles. The Bertz CT molecular complexity index is 375. The molecule has 88 valence electrons. The highest BCUT2D eigenvalue weighted by atomic mass is 16.5. The zero-order chi connectivity index (χ0) is 11.5. The molecule has 5 nitrogen and oxygen atoms in total. The van der Waals surface area contributed by atoms with Gasteiger partial charge in [-0.25, -0.2) is 0 Å². The topological polar surface area (TPSA) is 59.2 Å². The molecule has 1 aliphatic rings. The quantitative estimate of drug-likeness (QED) is 0.757. The summed E-state index contributed by atoms with van der Waals surface area (Å²) < 4.78 is 5.02. The number of likely N-dealkylation sites (N-methyl/N-ethyl adjacent to an activating group) is 1. The van der Waals surface area contributed by atoms with E-state index in [4.69, 9.17) is 4.52 Å². The van der Waals surface area contributed by atoms with Gasteiger partial charge < -0.3 is 9.42 Å². The fourth-order valence-electron chi connectivity index (χ4n) is 2.11. The van der Waals surface area contributed by atoms with E-state index in [1.165, 1.54) is 19.8 Å². The predicted octanol–water partition coefficient (Wildman–Crippen LogP) is 0.838. The van der Waals surface area contributed by atoms with E-state index in [-0.39, 0.29) is 12.2 Å². The maximum absolute atomic E-state index is 10.9. The molecular formula is C11H17N3O2. The summed E-state index contributed by atoms with van der Waals surface area (Å²) in [6, 6.07) is 0.516. The van der Waals surface area contributed by atoms with E-state index in [0.717, 1.165) is 18.8 Å². The Hall–Kier alpha value is -1.23. The monoisotopic (exact) mass is 223 g/mol. The van der Waals surface area contributed by atoms with E-state index in [2.05, 4.69) is 22.1 Å². The first-order valence-electron chi connectivity index (χ1n) is 5.66. The molecule has 0 spiro atoms. The van der Waals surface area contributed by atoms with Crippen molar-refractivity contribution in [1.29, 1.82) is 0 Å². The number of hydrogen-bond donors (Lipinski definition) is 0. The molecule has 0 aliphatic carbocycles. The van der Waals surface area contributed by atoms with E-state index in [0.29, 0.717) is 11.9 Å². The van der Waals surface area contributed by atoms with Gasteiger partial charge in [0, 0.05) is 12.5 Å². The summed E-state index contributed by atoms with van der Waals surface area (Å²) in [7, 11) is 2.12. The maximum Gasteiger partial charge on any atom is 0.234 e. The molecule has 0 bridgehead atoms. The van der Waals surface area contributed by atoms with Crippen LogP contribution >= 0.6 is 0 Å². The molecule has 1 atom stereocenters. The molecule has 1 saturated heterocycles. The van der Waals surface area contributed by atoms with E-state index >= 15 is 0 Å². The van der Waals surface area contributed by atoms with Crippen molar-refractivity contribution in [3.05, 3.63) is 11.7 Å². The molecule has 2 rings (SSSR count). The third kappa shape index (κ3) is 2.66. The normalized spacial score (nSPS) is 21.5. The van der Waals surface area contributed by atoms with Crippen LogP contribution in [0, 0.1) is 0 Å². The van der Waals surface area contributed by atoms with Gasteiger partial charge >= 0.3 is 0 Å². The van der Waals surface area contributed by atoms with Gasteiger partial charge in [0.15, 0.2) is 5.82 Å². The van der Waals surface area contributed by atoms with Crippen molar-refractivity contribution in [2.45, 2.75) is 38.6 Å². The highest BCUT2D eigenvalue weighted by molar-refractivity contribution is 5.77. The molecule has 1 fully saturated rings. The lowest BCUT2D eigenvalue weighted by Gasteiger charge is -2.16. The van der Waals surface area contributed by atoms with Crippen LogP contribution in [-0.2, 0) is 17.6 Å². The number of Topliss-reactive ketones (excluding diaryl/α,β-unsaturated/α-hetero) is 1. The number of ketones is 1. The van der Waals surface area contributed by atoms with Crippen LogP contribution < -0.4 is 0 Å². The first kappa shape index (κ1) is 11.3. The zero-order valence-electron chi connectivity index (χ0n) is 9.77. The SMILES string of the molecule is CC(=O)Cc1nc(CC2CCCN2C)no1. The minimum absolute atomic E-state index is 0.0492. The van der Waals surface area contributed by atoms with Crippen LogP contribution in [0.3, 0.4) is 0 Å². The summed E-state index contributed by atoms with van der Waals surface area (Å²) in [5.41, 5.74) is 0. The number of rotatable bonds is 4. The number of hydrogen-bond acceptors (Lipinski definition) is 5. The van der Waals surface area contributed by atoms with Gasteiger partial charge in [-0.2, -0.15) is 4.98 Å². The van der Waals surface area contributed by atoms with Crippen molar-refractivity contribution in [2.75, 3.05) is 13.6 Å². The molecular weight excluding hydrogens is 206 g/mol. The highest BCUT2D eigenvalue weighted by Gasteiger charge is 2.23. The van der Waals surface area contributed by atoms with Crippen molar-refractivity contribution in [2.24, 2.45) is 0 Å². The minimum atomic E-state index is 0.0492. The smallest absolute Gasteiger partial charge is 0.234 e. The molecule has 0 saturated carbocycles. The Labute approximate surface area is 94.8 Å². The largest absolute Gasteiger partial charge is 0.339 e. The first-order valence-corrected chi connectivity index (χ1v) is 5.66. The molecule has 5 heteroatoms. The van der Waals surface area contributed by atoms with Crippen LogP contribution in [0.25, 0.3) is 0 Å². The highest BCUT2D eigenvalue weighted by Crippen LogP contribution is 2.17. The van der Waals surface area contributed by atoms with Gasteiger partial charge in [0.05, 0.1) is 6.42 Å². The first-order chi connectivity index (χ1) is 7.65. The van der Waals surface area contributed by atoms with Crippen LogP contribution in [0.15, 0.2) is 4.52 Å². The summed E-state index contributed by atoms with van der Waals surface area (Å²) >= 11 is 0. The molecule has 1 aromatic heterocycles. The van der Waals surface area contributed by atoms with Gasteiger partial charge in [0.25, 0.3) is 0 Å². The molecule has 0 radical (unpaired) electrons. The van der Waals surface area contributed by atoms with Crippen molar-refractivity contribution in [3.63, 3.8) is 0 Å². The third-order valence-corrected chi connectivity index (χ3v) is 3.00. The van der Waals surface area contributed by atoms with Crippen molar-refractivity contribution in [3.8, 4) is 0 Å². The molecule has 1 unspecified atom stereocenters. The van der Waals surface area contributed by atoms with Gasteiger partial charge in [-0.1, -0.05) is 5.16 Å². The summed E-state index contributed by atoms with van der Waals surface area (Å²) in [5.74, 6) is 1.20. The Balaban J connectivity index is 1.94. The second-order valence-electron chi connectivity index (χ2n) is 4.46. The van der Waals surface area contributed by atoms with Crippen LogP contribution in [0.5, 0.6) is 0 Å². The summed E-state index contributed by atoms with van der Waals surface area (Å²) in [4.78, 5) is 17.4. The molecule has 0 amide bonds. The fraction of sp³-hybridized carbons (Fsp3) is 0.727. The Morgan fingerprint density at radius 2 is 2.44 bits per heavy atom. The van der Waals surface area contributed by atoms with E-state index in [1.807, 2.05) is 0 Å². The Morgan fingerprint density at radius 3 is 3.06 bits per heavy atom. The van der Waals surface area contributed by atoms with Crippen molar-refractivity contribution in [1.82, 2.24) is 15.0 Å². The Kier molecular flexibility index (Phi) is 3.33. The minimum Gasteiger partial charge on any atom is -0.339 e. The molecule has 1 aliphatic heterocycles. The maximum atomic E-state index is 10.9. The second kappa shape index (κ2) is 4.74. The third-order valence-electron chi connectivity index (χ3n) is 3.00. The number of nitrogens with zero attached hydrogens (tertiary/aromatic N) is 3. The molecule has 0 N–H and O–H groups in total. The predicted molar refractivity (Wildman–Crippen MR) is 58.0 cm³/mol.